The molecule has 1 aromatic heterocycles. The molecule has 0 atom stereocenters. The standard InChI is InChI=1S/C15H21BrN4O2/c1-10-8-13(16)17-9-12(10)18-14(21)11-4-6-20(7-5-11)15(22)19(2)3/h8-9,11H,4-7H2,1-3H3,(H,18,21). The molecule has 2 rings (SSSR count). The molecule has 1 aliphatic heterocycles. The Labute approximate surface area is 139 Å². The first kappa shape index (κ1) is 16.7. The molecule has 7 heteroatoms. The predicted molar refractivity (Wildman–Crippen MR) is 88.7 cm³/mol. The van der Waals surface area contributed by atoms with Crippen LogP contribution in [0.3, 0.4) is 0 Å². The maximum atomic E-state index is 12.4. The third-order valence-electron chi connectivity index (χ3n) is 3.85. The summed E-state index contributed by atoms with van der Waals surface area (Å²) in [6, 6.07) is 1.88. The second-order valence-electron chi connectivity index (χ2n) is 5.75. The highest BCUT2D eigenvalue weighted by molar-refractivity contribution is 9.10. The van der Waals surface area contributed by atoms with Gasteiger partial charge in [0.05, 0.1) is 11.9 Å². The molecule has 1 saturated heterocycles. The van der Waals surface area contributed by atoms with Gasteiger partial charge >= 0.3 is 6.03 Å². The minimum absolute atomic E-state index is 0.00387. The first-order valence-corrected chi connectivity index (χ1v) is 8.07. The van der Waals surface area contributed by atoms with Crippen molar-refractivity contribution in [2.75, 3.05) is 32.5 Å². The summed E-state index contributed by atoms with van der Waals surface area (Å²) in [7, 11) is 3.48. The summed E-state index contributed by atoms with van der Waals surface area (Å²) in [6.07, 6.45) is 3.03. The van der Waals surface area contributed by atoms with Crippen molar-refractivity contribution >= 4 is 33.6 Å². The van der Waals surface area contributed by atoms with Gasteiger partial charge in [-0.3, -0.25) is 4.79 Å². The van der Waals surface area contributed by atoms with E-state index >= 15 is 0 Å². The van der Waals surface area contributed by atoms with Crippen molar-refractivity contribution in [1.29, 1.82) is 0 Å². The largest absolute Gasteiger partial charge is 0.331 e. The Kier molecular flexibility index (Phi) is 5.39. The van der Waals surface area contributed by atoms with E-state index in [1.165, 1.54) is 0 Å². The maximum absolute atomic E-state index is 12.4. The van der Waals surface area contributed by atoms with E-state index in [-0.39, 0.29) is 17.9 Å². The Bertz CT molecular complexity index is 569. The molecule has 0 saturated carbocycles. The molecule has 0 unspecified atom stereocenters. The van der Waals surface area contributed by atoms with Crippen LogP contribution in [0, 0.1) is 12.8 Å². The number of halogens is 1. The van der Waals surface area contributed by atoms with Crippen LogP contribution >= 0.6 is 15.9 Å². The predicted octanol–water partition coefficient (Wildman–Crippen LogP) is 2.48. The van der Waals surface area contributed by atoms with Crippen molar-refractivity contribution in [2.45, 2.75) is 19.8 Å². The Morgan fingerprint density at radius 3 is 2.55 bits per heavy atom. The lowest BCUT2D eigenvalue weighted by atomic mass is 9.96. The molecule has 1 N–H and O–H groups in total. The third-order valence-corrected chi connectivity index (χ3v) is 4.29. The van der Waals surface area contributed by atoms with Gasteiger partial charge in [0.2, 0.25) is 5.91 Å². The van der Waals surface area contributed by atoms with Crippen LogP contribution in [0.1, 0.15) is 18.4 Å². The number of hydrogen-bond donors (Lipinski definition) is 1. The number of likely N-dealkylation sites (tertiary alicyclic amines) is 1. The summed E-state index contributed by atoms with van der Waals surface area (Å²) in [5.74, 6) is -0.0570. The molecule has 0 radical (unpaired) electrons. The molecule has 0 aromatic carbocycles. The number of hydrogen-bond acceptors (Lipinski definition) is 3. The quantitative estimate of drug-likeness (QED) is 0.815. The van der Waals surface area contributed by atoms with Gasteiger partial charge in [-0.05, 0) is 47.3 Å². The minimum atomic E-state index is -0.0609. The molecule has 0 spiro atoms. The number of rotatable bonds is 2. The zero-order chi connectivity index (χ0) is 16.3. The highest BCUT2D eigenvalue weighted by atomic mass is 79.9. The number of piperidine rings is 1. The average molecular weight is 369 g/mol. The molecule has 0 bridgehead atoms. The first-order chi connectivity index (χ1) is 10.4. The van der Waals surface area contributed by atoms with Crippen LogP contribution in [0.15, 0.2) is 16.9 Å². The van der Waals surface area contributed by atoms with Crippen LogP contribution in [-0.4, -0.2) is 53.9 Å². The maximum Gasteiger partial charge on any atom is 0.319 e. The lowest BCUT2D eigenvalue weighted by Crippen LogP contribution is -2.45. The molecule has 1 aromatic rings. The number of pyridine rings is 1. The number of aryl methyl sites for hydroxylation is 1. The summed E-state index contributed by atoms with van der Waals surface area (Å²) in [5.41, 5.74) is 1.70. The van der Waals surface area contributed by atoms with Gasteiger partial charge in [-0.25, -0.2) is 9.78 Å². The normalized spacial score (nSPS) is 15.5. The molecule has 22 heavy (non-hydrogen) atoms. The fourth-order valence-corrected chi connectivity index (χ4v) is 2.95. The van der Waals surface area contributed by atoms with Crippen LogP contribution in [0.25, 0.3) is 0 Å². The topological polar surface area (TPSA) is 65.5 Å². The van der Waals surface area contributed by atoms with E-state index in [2.05, 4.69) is 26.2 Å². The fourth-order valence-electron chi connectivity index (χ4n) is 2.50. The monoisotopic (exact) mass is 368 g/mol. The van der Waals surface area contributed by atoms with Crippen molar-refractivity contribution in [3.63, 3.8) is 0 Å². The number of carbonyl (C=O) groups is 2. The lowest BCUT2D eigenvalue weighted by molar-refractivity contribution is -0.121. The van der Waals surface area contributed by atoms with Crippen LogP contribution < -0.4 is 5.32 Å². The van der Waals surface area contributed by atoms with Gasteiger partial charge in [0.15, 0.2) is 0 Å². The molecular formula is C15H21BrN4O2. The molecular weight excluding hydrogens is 348 g/mol. The van der Waals surface area contributed by atoms with Crippen molar-refractivity contribution in [3.05, 3.63) is 22.4 Å². The van der Waals surface area contributed by atoms with Gasteiger partial charge in [0.25, 0.3) is 0 Å². The number of nitrogens with one attached hydrogen (secondary N) is 1. The van der Waals surface area contributed by atoms with E-state index in [1.807, 2.05) is 13.0 Å². The van der Waals surface area contributed by atoms with Gasteiger partial charge in [-0.15, -0.1) is 0 Å². The molecule has 0 aliphatic carbocycles. The SMILES string of the molecule is Cc1cc(Br)ncc1NC(=O)C1CCN(C(=O)N(C)C)CC1. The minimum Gasteiger partial charge on any atom is -0.331 e. The average Bonchev–Trinajstić information content (AvgIpc) is 2.49. The summed E-state index contributed by atoms with van der Waals surface area (Å²) < 4.78 is 0.749. The second-order valence-corrected chi connectivity index (χ2v) is 6.56. The van der Waals surface area contributed by atoms with Gasteiger partial charge < -0.3 is 15.1 Å². The molecule has 1 fully saturated rings. The summed E-state index contributed by atoms with van der Waals surface area (Å²) in [5, 5.41) is 2.94. The van der Waals surface area contributed by atoms with Gasteiger partial charge in [-0.2, -0.15) is 0 Å². The second kappa shape index (κ2) is 7.09. The van der Waals surface area contributed by atoms with Gasteiger partial charge in [0.1, 0.15) is 4.60 Å². The van der Waals surface area contributed by atoms with Crippen molar-refractivity contribution in [1.82, 2.24) is 14.8 Å². The van der Waals surface area contributed by atoms with E-state index in [4.69, 9.17) is 0 Å². The van der Waals surface area contributed by atoms with Crippen molar-refractivity contribution < 1.29 is 9.59 Å². The highest BCUT2D eigenvalue weighted by Gasteiger charge is 2.28. The number of carbonyl (C=O) groups excluding carboxylic acids is 2. The van der Waals surface area contributed by atoms with Crippen LogP contribution in [0.5, 0.6) is 0 Å². The first-order valence-electron chi connectivity index (χ1n) is 7.27. The lowest BCUT2D eigenvalue weighted by Gasteiger charge is -2.33. The molecule has 3 amide bonds. The number of urea groups is 1. The summed E-state index contributed by atoms with van der Waals surface area (Å²) in [6.45, 7) is 3.17. The zero-order valence-electron chi connectivity index (χ0n) is 13.1. The van der Waals surface area contributed by atoms with E-state index in [9.17, 15) is 9.59 Å². The molecule has 1 aliphatic rings. The highest BCUT2D eigenvalue weighted by Crippen LogP contribution is 2.22. The number of anilines is 1. The molecule has 120 valence electrons. The Balaban J connectivity index is 1.91. The van der Waals surface area contributed by atoms with E-state index in [0.717, 1.165) is 15.9 Å². The van der Waals surface area contributed by atoms with Gasteiger partial charge in [-0.1, -0.05) is 0 Å². The number of aromatic nitrogens is 1. The van der Waals surface area contributed by atoms with Crippen molar-refractivity contribution in [2.24, 2.45) is 5.92 Å². The van der Waals surface area contributed by atoms with Crippen LogP contribution in [0.4, 0.5) is 10.5 Å². The Morgan fingerprint density at radius 1 is 1.36 bits per heavy atom. The van der Waals surface area contributed by atoms with Crippen molar-refractivity contribution in [3.8, 4) is 0 Å². The Morgan fingerprint density at radius 2 is 2.00 bits per heavy atom. The van der Waals surface area contributed by atoms with Gasteiger partial charge in [0, 0.05) is 33.1 Å². The van der Waals surface area contributed by atoms with E-state index in [1.54, 1.807) is 30.1 Å². The van der Waals surface area contributed by atoms with Crippen LogP contribution in [0.2, 0.25) is 0 Å². The number of amides is 3. The summed E-state index contributed by atoms with van der Waals surface area (Å²) in [4.78, 5) is 31.7. The Hall–Kier alpha value is -1.63. The smallest absolute Gasteiger partial charge is 0.319 e. The number of nitrogens with zero attached hydrogens (tertiary/aromatic N) is 3. The summed E-state index contributed by atoms with van der Waals surface area (Å²) >= 11 is 3.31. The third kappa shape index (κ3) is 3.97. The molecule has 6 nitrogen and oxygen atoms in total. The fraction of sp³-hybridized carbons (Fsp3) is 0.533. The molecule has 2 heterocycles. The zero-order valence-corrected chi connectivity index (χ0v) is 14.7. The van der Waals surface area contributed by atoms with E-state index < -0.39 is 0 Å². The van der Waals surface area contributed by atoms with Crippen LogP contribution in [-0.2, 0) is 4.79 Å². The van der Waals surface area contributed by atoms with E-state index in [0.29, 0.717) is 25.9 Å².